The molecule has 1 aromatic carbocycles. The number of piperazine rings is 1. The SMILES string of the molecule is COc1cc(N2CCNCC2)ccc1C(=O)O. The van der Waals surface area contributed by atoms with Gasteiger partial charge in [0.05, 0.1) is 7.11 Å². The fourth-order valence-electron chi connectivity index (χ4n) is 1.98. The fourth-order valence-corrected chi connectivity index (χ4v) is 1.98. The quantitative estimate of drug-likeness (QED) is 0.813. The van der Waals surface area contributed by atoms with Gasteiger partial charge in [0.2, 0.25) is 0 Å². The van der Waals surface area contributed by atoms with Crippen LogP contribution < -0.4 is 15.0 Å². The van der Waals surface area contributed by atoms with Gasteiger partial charge < -0.3 is 20.1 Å². The van der Waals surface area contributed by atoms with E-state index in [9.17, 15) is 4.79 Å². The zero-order valence-corrected chi connectivity index (χ0v) is 9.77. The minimum Gasteiger partial charge on any atom is -0.496 e. The molecule has 2 N–H and O–H groups in total. The van der Waals surface area contributed by atoms with Crippen molar-refractivity contribution in [3.63, 3.8) is 0 Å². The third kappa shape index (κ3) is 2.50. The highest BCUT2D eigenvalue weighted by molar-refractivity contribution is 5.91. The van der Waals surface area contributed by atoms with Crippen molar-refractivity contribution in [2.24, 2.45) is 0 Å². The molecule has 0 radical (unpaired) electrons. The highest BCUT2D eigenvalue weighted by Crippen LogP contribution is 2.25. The first-order valence-electron chi connectivity index (χ1n) is 5.59. The number of nitrogens with one attached hydrogen (secondary N) is 1. The average Bonchev–Trinajstić information content (AvgIpc) is 2.39. The third-order valence-electron chi connectivity index (χ3n) is 2.90. The summed E-state index contributed by atoms with van der Waals surface area (Å²) in [4.78, 5) is 13.2. The number of benzene rings is 1. The van der Waals surface area contributed by atoms with Gasteiger partial charge in [-0.25, -0.2) is 4.79 Å². The summed E-state index contributed by atoms with van der Waals surface area (Å²) in [6, 6.07) is 5.21. The smallest absolute Gasteiger partial charge is 0.339 e. The molecule has 0 bridgehead atoms. The number of aromatic carboxylic acids is 1. The van der Waals surface area contributed by atoms with E-state index >= 15 is 0 Å². The third-order valence-corrected chi connectivity index (χ3v) is 2.90. The van der Waals surface area contributed by atoms with Gasteiger partial charge in [-0.3, -0.25) is 0 Å². The Hall–Kier alpha value is -1.75. The standard InChI is InChI=1S/C12H16N2O3/c1-17-11-8-9(2-3-10(11)12(15)16)14-6-4-13-5-7-14/h2-3,8,13H,4-7H2,1H3,(H,15,16). The molecular formula is C12H16N2O3. The van der Waals surface area contributed by atoms with Crippen LogP contribution in [0.25, 0.3) is 0 Å². The number of rotatable bonds is 3. The number of nitrogens with zero attached hydrogens (tertiary/aromatic N) is 1. The van der Waals surface area contributed by atoms with E-state index < -0.39 is 5.97 Å². The van der Waals surface area contributed by atoms with Crippen LogP contribution in [0, 0.1) is 0 Å². The van der Waals surface area contributed by atoms with Crippen LogP contribution in [0.15, 0.2) is 18.2 Å². The van der Waals surface area contributed by atoms with Crippen LogP contribution in [0.2, 0.25) is 0 Å². The predicted molar refractivity (Wildman–Crippen MR) is 65.0 cm³/mol. The monoisotopic (exact) mass is 236 g/mol. The number of hydrogen-bond donors (Lipinski definition) is 2. The molecular weight excluding hydrogens is 220 g/mol. The second kappa shape index (κ2) is 5.05. The summed E-state index contributed by atoms with van der Waals surface area (Å²) in [5.74, 6) is -0.553. The minimum absolute atomic E-state index is 0.200. The number of anilines is 1. The Bertz CT molecular complexity index is 414. The number of carboxylic acid groups (broad SMARTS) is 1. The Morgan fingerprint density at radius 3 is 2.71 bits per heavy atom. The van der Waals surface area contributed by atoms with Gasteiger partial charge in [-0.2, -0.15) is 0 Å². The van der Waals surface area contributed by atoms with Gasteiger partial charge >= 0.3 is 5.97 Å². The lowest BCUT2D eigenvalue weighted by atomic mass is 10.1. The van der Waals surface area contributed by atoms with Gasteiger partial charge in [-0.05, 0) is 12.1 Å². The molecule has 5 heteroatoms. The molecule has 2 rings (SSSR count). The Balaban J connectivity index is 2.27. The summed E-state index contributed by atoms with van der Waals surface area (Å²) in [5, 5.41) is 12.3. The van der Waals surface area contributed by atoms with Crippen molar-refractivity contribution < 1.29 is 14.6 Å². The van der Waals surface area contributed by atoms with Crippen LogP contribution in [-0.4, -0.2) is 44.4 Å². The first-order valence-corrected chi connectivity index (χ1v) is 5.59. The van der Waals surface area contributed by atoms with Crippen molar-refractivity contribution in [1.29, 1.82) is 0 Å². The molecule has 0 atom stereocenters. The molecule has 1 aromatic rings. The van der Waals surface area contributed by atoms with E-state index in [1.165, 1.54) is 7.11 Å². The number of hydrogen-bond acceptors (Lipinski definition) is 4. The van der Waals surface area contributed by atoms with E-state index in [-0.39, 0.29) is 5.56 Å². The molecule has 17 heavy (non-hydrogen) atoms. The van der Waals surface area contributed by atoms with Crippen LogP contribution in [0.5, 0.6) is 5.75 Å². The molecule has 1 heterocycles. The molecule has 92 valence electrons. The lowest BCUT2D eigenvalue weighted by Crippen LogP contribution is -2.43. The Morgan fingerprint density at radius 1 is 1.41 bits per heavy atom. The maximum atomic E-state index is 11.0. The van der Waals surface area contributed by atoms with Gasteiger partial charge in [-0.15, -0.1) is 0 Å². The number of carboxylic acids is 1. The molecule has 0 saturated carbocycles. The first-order chi connectivity index (χ1) is 8.22. The zero-order valence-electron chi connectivity index (χ0n) is 9.77. The molecule has 1 saturated heterocycles. The topological polar surface area (TPSA) is 61.8 Å². The Labute approximate surface area is 100.0 Å². The van der Waals surface area contributed by atoms with Crippen molar-refractivity contribution in [2.45, 2.75) is 0 Å². The van der Waals surface area contributed by atoms with Gasteiger partial charge in [-0.1, -0.05) is 0 Å². The normalized spacial score (nSPS) is 15.7. The molecule has 1 aliphatic heterocycles. The van der Waals surface area contributed by atoms with Crippen molar-refractivity contribution >= 4 is 11.7 Å². The van der Waals surface area contributed by atoms with Gasteiger partial charge in [0, 0.05) is 37.9 Å². The predicted octanol–water partition coefficient (Wildman–Crippen LogP) is 0.803. The first kappa shape index (κ1) is 11.7. The van der Waals surface area contributed by atoms with E-state index in [1.54, 1.807) is 12.1 Å². The second-order valence-corrected chi connectivity index (χ2v) is 3.93. The largest absolute Gasteiger partial charge is 0.496 e. The van der Waals surface area contributed by atoms with Crippen LogP contribution in [0.3, 0.4) is 0 Å². The van der Waals surface area contributed by atoms with Crippen LogP contribution in [-0.2, 0) is 0 Å². The summed E-state index contributed by atoms with van der Waals surface area (Å²) >= 11 is 0. The molecule has 5 nitrogen and oxygen atoms in total. The molecule has 1 fully saturated rings. The molecule has 0 spiro atoms. The number of methoxy groups -OCH3 is 1. The van der Waals surface area contributed by atoms with Gasteiger partial charge in [0.15, 0.2) is 0 Å². The van der Waals surface area contributed by atoms with Crippen molar-refractivity contribution in [3.05, 3.63) is 23.8 Å². The number of ether oxygens (including phenoxy) is 1. The summed E-state index contributed by atoms with van der Waals surface area (Å²) in [6.45, 7) is 3.75. The van der Waals surface area contributed by atoms with Crippen molar-refractivity contribution in [1.82, 2.24) is 5.32 Å². The molecule has 0 amide bonds. The Morgan fingerprint density at radius 2 is 2.12 bits per heavy atom. The number of carbonyl (C=O) groups is 1. The van der Waals surface area contributed by atoms with Crippen LogP contribution in [0.4, 0.5) is 5.69 Å². The summed E-state index contributed by atoms with van der Waals surface area (Å²) in [5.41, 5.74) is 1.21. The molecule has 0 aliphatic carbocycles. The second-order valence-electron chi connectivity index (χ2n) is 3.93. The summed E-state index contributed by atoms with van der Waals surface area (Å²) in [7, 11) is 1.49. The van der Waals surface area contributed by atoms with E-state index in [4.69, 9.17) is 9.84 Å². The van der Waals surface area contributed by atoms with Gasteiger partial charge in [0.25, 0.3) is 0 Å². The van der Waals surface area contributed by atoms with Crippen LogP contribution >= 0.6 is 0 Å². The summed E-state index contributed by atoms with van der Waals surface area (Å²) < 4.78 is 5.11. The van der Waals surface area contributed by atoms with Crippen molar-refractivity contribution in [3.8, 4) is 5.75 Å². The van der Waals surface area contributed by atoms with Gasteiger partial charge in [0.1, 0.15) is 11.3 Å². The zero-order chi connectivity index (χ0) is 12.3. The van der Waals surface area contributed by atoms with E-state index in [2.05, 4.69) is 10.2 Å². The molecule has 0 unspecified atom stereocenters. The van der Waals surface area contributed by atoms with E-state index in [1.807, 2.05) is 6.07 Å². The lowest BCUT2D eigenvalue weighted by molar-refractivity contribution is 0.0693. The molecule has 0 aromatic heterocycles. The maximum Gasteiger partial charge on any atom is 0.339 e. The average molecular weight is 236 g/mol. The van der Waals surface area contributed by atoms with Crippen molar-refractivity contribution in [2.75, 3.05) is 38.2 Å². The minimum atomic E-state index is -0.964. The van der Waals surface area contributed by atoms with Crippen LogP contribution in [0.1, 0.15) is 10.4 Å². The van der Waals surface area contributed by atoms with E-state index in [0.717, 1.165) is 31.9 Å². The van der Waals surface area contributed by atoms with E-state index in [0.29, 0.717) is 5.75 Å². The maximum absolute atomic E-state index is 11.0. The highest BCUT2D eigenvalue weighted by atomic mass is 16.5. The fraction of sp³-hybridized carbons (Fsp3) is 0.417. The Kier molecular flexibility index (Phi) is 3.49. The summed E-state index contributed by atoms with van der Waals surface area (Å²) in [6.07, 6.45) is 0. The lowest BCUT2D eigenvalue weighted by Gasteiger charge is -2.29. The molecule has 1 aliphatic rings. The highest BCUT2D eigenvalue weighted by Gasteiger charge is 2.15.